The van der Waals surface area contributed by atoms with Crippen LogP contribution in [0.25, 0.3) is 0 Å². The summed E-state index contributed by atoms with van der Waals surface area (Å²) in [7, 11) is 0. The van der Waals surface area contributed by atoms with Crippen molar-refractivity contribution in [1.82, 2.24) is 9.80 Å². The van der Waals surface area contributed by atoms with Crippen LogP contribution in [0.2, 0.25) is 0 Å². The molecule has 0 saturated carbocycles. The molecule has 0 aromatic heterocycles. The number of carbonyl (C=O) groups excluding carboxylic acids is 3. The van der Waals surface area contributed by atoms with Crippen molar-refractivity contribution in [2.24, 2.45) is 11.3 Å². The molecule has 0 aromatic rings. The first-order valence-corrected chi connectivity index (χ1v) is 30.8. The zero-order valence-corrected chi connectivity index (χ0v) is 48.2. The molecule has 1 fully saturated rings. The third kappa shape index (κ3) is 37.9. The third-order valence-corrected chi connectivity index (χ3v) is 15.3. The Kier molecular flexibility index (Phi) is 45.1. The van der Waals surface area contributed by atoms with Gasteiger partial charge in [-0.15, -0.1) is 0 Å². The van der Waals surface area contributed by atoms with Gasteiger partial charge in [-0.2, -0.15) is 0 Å². The first-order valence-electron chi connectivity index (χ1n) is 30.8. The van der Waals surface area contributed by atoms with Gasteiger partial charge in [0, 0.05) is 51.7 Å². The van der Waals surface area contributed by atoms with Gasteiger partial charge in [0.2, 0.25) is 0 Å². The maximum absolute atomic E-state index is 13.1. The molecular weight excluding hydrogens is 905 g/mol. The molecule has 72 heavy (non-hydrogen) atoms. The average molecular weight is 1020 g/mol. The smallest absolute Gasteiger partial charge is 0.311 e. The molecule has 0 aromatic carbocycles. The lowest BCUT2D eigenvalue weighted by Gasteiger charge is -2.24. The second kappa shape index (κ2) is 47.6. The number of carbonyl (C=O) groups is 3. The SMILES string of the molecule is CCCCCCCCC(CCCCCCCC)OC(=O)CCCCCCCOCC1C[C@H](OC(=O)CCN(CCO)CCO)CN1CCCCCCC(C)(C)C(=O)OCCCC(CCCCC)CCCCC. The molecule has 0 amide bonds. The minimum Gasteiger partial charge on any atom is -0.465 e. The number of unbranched alkanes of at least 4 members (excludes halogenated alkanes) is 21. The van der Waals surface area contributed by atoms with Crippen molar-refractivity contribution < 1.29 is 43.5 Å². The van der Waals surface area contributed by atoms with Gasteiger partial charge in [0.15, 0.2) is 0 Å². The highest BCUT2D eigenvalue weighted by Crippen LogP contribution is 2.28. The number of nitrogens with zero attached hydrogens (tertiary/aromatic N) is 2. The van der Waals surface area contributed by atoms with E-state index in [1.54, 1.807) is 0 Å². The maximum Gasteiger partial charge on any atom is 0.311 e. The van der Waals surface area contributed by atoms with Crippen LogP contribution in [0, 0.1) is 11.3 Å². The fourth-order valence-electron chi connectivity index (χ4n) is 10.5. The third-order valence-electron chi connectivity index (χ3n) is 15.3. The molecule has 2 atom stereocenters. The summed E-state index contributed by atoms with van der Waals surface area (Å²) in [6.07, 6.45) is 41.0. The van der Waals surface area contributed by atoms with Gasteiger partial charge in [-0.25, -0.2) is 0 Å². The number of rotatable bonds is 53. The van der Waals surface area contributed by atoms with Crippen LogP contribution in [0.4, 0.5) is 0 Å². The van der Waals surface area contributed by atoms with Crippen LogP contribution in [0.1, 0.15) is 279 Å². The Morgan fingerprint density at radius 3 is 1.69 bits per heavy atom. The van der Waals surface area contributed by atoms with E-state index in [1.165, 1.54) is 116 Å². The van der Waals surface area contributed by atoms with Crippen LogP contribution >= 0.6 is 0 Å². The molecule has 0 bridgehead atoms. The lowest BCUT2D eigenvalue weighted by molar-refractivity contribution is -0.154. The van der Waals surface area contributed by atoms with Crippen LogP contribution in [0.15, 0.2) is 0 Å². The Morgan fingerprint density at radius 1 is 0.569 bits per heavy atom. The van der Waals surface area contributed by atoms with E-state index in [0.29, 0.717) is 52.4 Å². The number of aliphatic hydroxyl groups excluding tert-OH is 2. The molecule has 11 nitrogen and oxygen atoms in total. The number of ether oxygens (including phenoxy) is 4. The standard InChI is InChI=1S/C61H118N2O9/c1-7-11-15-17-20-28-38-56(39-29-21-18-16-12-8-2)71-58(66)40-30-22-19-25-33-49-69-53-55-51-57(72-59(67)41-44-62(45-47-64)46-48-65)52-63(55)43-32-24-23-31-42-61(5,6)60(68)70-50-34-37-54(35-26-13-9-3)36-27-14-10-4/h54-57,64-65H,7-53H2,1-6H3/t55?,57-/m0/s1. The summed E-state index contributed by atoms with van der Waals surface area (Å²) >= 11 is 0. The van der Waals surface area contributed by atoms with Gasteiger partial charge in [-0.1, -0.05) is 182 Å². The van der Waals surface area contributed by atoms with Crippen molar-refractivity contribution in [2.45, 2.75) is 297 Å². The van der Waals surface area contributed by atoms with Crippen molar-refractivity contribution in [3.63, 3.8) is 0 Å². The molecule has 0 radical (unpaired) electrons. The maximum atomic E-state index is 13.1. The van der Waals surface area contributed by atoms with E-state index in [4.69, 9.17) is 18.9 Å². The van der Waals surface area contributed by atoms with Gasteiger partial charge in [0.05, 0.1) is 38.3 Å². The fraction of sp³-hybridized carbons (Fsp3) is 0.951. The van der Waals surface area contributed by atoms with E-state index in [2.05, 4.69) is 32.6 Å². The Morgan fingerprint density at radius 2 is 1.08 bits per heavy atom. The summed E-state index contributed by atoms with van der Waals surface area (Å²) in [4.78, 5) is 43.3. The molecule has 0 aliphatic carbocycles. The molecule has 1 rings (SSSR count). The highest BCUT2D eigenvalue weighted by Gasteiger charge is 2.34. The minimum absolute atomic E-state index is 0.0169. The predicted molar refractivity (Wildman–Crippen MR) is 298 cm³/mol. The van der Waals surface area contributed by atoms with Gasteiger partial charge >= 0.3 is 17.9 Å². The van der Waals surface area contributed by atoms with Crippen molar-refractivity contribution in [1.29, 1.82) is 0 Å². The monoisotopic (exact) mass is 1020 g/mol. The molecule has 426 valence electrons. The highest BCUT2D eigenvalue weighted by atomic mass is 16.6. The second-order valence-electron chi connectivity index (χ2n) is 22.5. The van der Waals surface area contributed by atoms with E-state index in [-0.39, 0.29) is 55.8 Å². The first kappa shape index (κ1) is 68.2. The molecule has 2 N–H and O–H groups in total. The summed E-state index contributed by atoms with van der Waals surface area (Å²) in [5, 5.41) is 18.8. The summed E-state index contributed by atoms with van der Waals surface area (Å²) in [5.74, 6) is 0.429. The lowest BCUT2D eigenvalue weighted by Crippen LogP contribution is -2.34. The average Bonchev–Trinajstić information content (AvgIpc) is 3.74. The van der Waals surface area contributed by atoms with Crippen molar-refractivity contribution in [3.05, 3.63) is 0 Å². The van der Waals surface area contributed by atoms with Gasteiger partial charge in [0.25, 0.3) is 0 Å². The molecule has 1 saturated heterocycles. The van der Waals surface area contributed by atoms with E-state index in [1.807, 2.05) is 18.7 Å². The van der Waals surface area contributed by atoms with Crippen molar-refractivity contribution in [2.75, 3.05) is 65.8 Å². The number of aliphatic hydroxyl groups is 2. The van der Waals surface area contributed by atoms with Crippen LogP contribution in [-0.4, -0.2) is 122 Å². The van der Waals surface area contributed by atoms with Gasteiger partial charge in [0.1, 0.15) is 12.2 Å². The van der Waals surface area contributed by atoms with E-state index in [0.717, 1.165) is 122 Å². The first-order chi connectivity index (χ1) is 35.0. The summed E-state index contributed by atoms with van der Waals surface area (Å²) < 4.78 is 24.2. The summed E-state index contributed by atoms with van der Waals surface area (Å²) in [5.41, 5.74) is -0.486. The number of hydrogen-bond acceptors (Lipinski definition) is 11. The second-order valence-corrected chi connectivity index (χ2v) is 22.5. The summed E-state index contributed by atoms with van der Waals surface area (Å²) in [6.45, 7) is 17.8. The lowest BCUT2D eigenvalue weighted by atomic mass is 9.87. The van der Waals surface area contributed by atoms with E-state index >= 15 is 0 Å². The normalized spacial score (nSPS) is 15.4. The largest absolute Gasteiger partial charge is 0.465 e. The minimum atomic E-state index is -0.486. The van der Waals surface area contributed by atoms with E-state index in [9.17, 15) is 24.6 Å². The molecule has 1 aliphatic rings. The zero-order valence-electron chi connectivity index (χ0n) is 48.2. The fourth-order valence-corrected chi connectivity index (χ4v) is 10.5. The quantitative estimate of drug-likeness (QED) is 0.0342. The van der Waals surface area contributed by atoms with Crippen LogP contribution < -0.4 is 0 Å². The number of esters is 3. The molecule has 1 unspecified atom stereocenters. The van der Waals surface area contributed by atoms with Gasteiger partial charge in [-0.05, 0) is 90.5 Å². The molecule has 0 spiro atoms. The zero-order chi connectivity index (χ0) is 52.8. The topological polar surface area (TPSA) is 135 Å². The Labute approximate surface area is 444 Å². The predicted octanol–water partition coefficient (Wildman–Crippen LogP) is 14.5. The van der Waals surface area contributed by atoms with Crippen LogP contribution in [0.3, 0.4) is 0 Å². The van der Waals surface area contributed by atoms with Crippen LogP contribution in [-0.2, 0) is 33.3 Å². The Balaban J connectivity index is 2.53. The Hall–Kier alpha value is -1.79. The van der Waals surface area contributed by atoms with Gasteiger partial charge < -0.3 is 29.2 Å². The summed E-state index contributed by atoms with van der Waals surface area (Å²) in [6, 6.07) is 0.177. The molecule has 1 heterocycles. The molecular formula is C61H118N2O9. The molecule has 11 heteroatoms. The Bertz CT molecular complexity index is 1220. The number of hydrogen-bond donors (Lipinski definition) is 2. The van der Waals surface area contributed by atoms with Crippen molar-refractivity contribution >= 4 is 17.9 Å². The molecule has 1 aliphatic heterocycles. The van der Waals surface area contributed by atoms with E-state index < -0.39 is 5.41 Å². The number of likely N-dealkylation sites (tertiary alicyclic amines) is 1. The van der Waals surface area contributed by atoms with Crippen LogP contribution in [0.5, 0.6) is 0 Å². The van der Waals surface area contributed by atoms with Gasteiger partial charge in [-0.3, -0.25) is 24.2 Å². The van der Waals surface area contributed by atoms with Crippen molar-refractivity contribution in [3.8, 4) is 0 Å². The highest BCUT2D eigenvalue weighted by molar-refractivity contribution is 5.75.